The molecule has 0 fully saturated rings. The fraction of sp³-hybridized carbons (Fsp3) is 0. The third kappa shape index (κ3) is 11.3. The van der Waals surface area contributed by atoms with Crippen LogP contribution in [0, 0.1) is 0 Å². The Hall–Kier alpha value is -13.8. The summed E-state index contributed by atoms with van der Waals surface area (Å²) in [6.07, 6.45) is 7.64. The van der Waals surface area contributed by atoms with E-state index in [0.717, 1.165) is 89.5 Å². The fourth-order valence-corrected chi connectivity index (χ4v) is 15.6. The molecule has 0 spiro atoms. The van der Waals surface area contributed by atoms with Crippen molar-refractivity contribution in [2.75, 3.05) is 0 Å². The molecule has 19 rings (SSSR count). The third-order valence-corrected chi connectivity index (χ3v) is 20.7. The zero-order valence-corrected chi connectivity index (χ0v) is 56.7. The first-order valence-electron chi connectivity index (χ1n) is 35.4. The van der Waals surface area contributed by atoms with E-state index in [4.69, 9.17) is 9.97 Å². The molecule has 0 amide bonds. The molecule has 0 aliphatic carbocycles. The molecule has 0 bridgehead atoms. The predicted molar refractivity (Wildman–Crippen MR) is 436 cm³/mol. The summed E-state index contributed by atoms with van der Waals surface area (Å²) in [7, 11) is 0. The van der Waals surface area contributed by atoms with Crippen LogP contribution in [-0.2, 0) is 0 Å². The topological polar surface area (TPSA) is 51.6 Å². The van der Waals surface area contributed by atoms with E-state index >= 15 is 0 Å². The first-order chi connectivity index (χ1) is 51.5. The Morgan fingerprint density at radius 2 is 0.452 bits per heavy atom. The van der Waals surface area contributed by atoms with Crippen molar-refractivity contribution in [2.45, 2.75) is 0 Å². The number of benzene rings is 15. The van der Waals surface area contributed by atoms with Crippen LogP contribution in [0.4, 0.5) is 0 Å². The zero-order valence-electron chi connectivity index (χ0n) is 56.7. The lowest BCUT2D eigenvalue weighted by Crippen LogP contribution is -1.93. The average molecular weight is 1320 g/mol. The van der Waals surface area contributed by atoms with Crippen molar-refractivity contribution in [3.8, 4) is 145 Å². The molecule has 15 aromatic carbocycles. The molecule has 19 aromatic rings. The van der Waals surface area contributed by atoms with Gasteiger partial charge in [-0.25, -0.2) is 0 Å². The molecule has 0 atom stereocenters. The van der Waals surface area contributed by atoms with Crippen molar-refractivity contribution < 1.29 is 0 Å². The quantitative estimate of drug-likeness (QED) is 0.108. The molecular formula is C100H64N4. The molecule has 0 N–H and O–H groups in total. The van der Waals surface area contributed by atoms with Crippen LogP contribution in [0.25, 0.3) is 199 Å². The van der Waals surface area contributed by atoms with E-state index < -0.39 is 0 Å². The van der Waals surface area contributed by atoms with Gasteiger partial charge in [0.05, 0.1) is 22.8 Å². The Morgan fingerprint density at radius 3 is 0.856 bits per heavy atom. The number of aromatic nitrogens is 4. The highest BCUT2D eigenvalue weighted by Gasteiger charge is 2.22. The summed E-state index contributed by atoms with van der Waals surface area (Å²) >= 11 is 0. The van der Waals surface area contributed by atoms with Gasteiger partial charge in [-0.05, 0) is 210 Å². The SMILES string of the molecule is c1ccc(-c2cc(-c3ccccc3)cc(-c3ccc4c(-c5ccc(-c6ccc(-c7ccc(-c8ccc(-c9c%10ccccc%10c(-c%10ccc(-c%11ccccn%11)cc%10)c%10ccc(-c%11cccc%12ccccc%11%12)cc9%10)cc8)nc7)cn6)cc5)c5ccccc5c(-c5ccc(-c6ccccn6)cc5)c4c3)c2)cc1. The number of rotatable bonds is 13. The summed E-state index contributed by atoms with van der Waals surface area (Å²) in [6.45, 7) is 0. The van der Waals surface area contributed by atoms with Crippen molar-refractivity contribution in [3.63, 3.8) is 0 Å². The van der Waals surface area contributed by atoms with Crippen LogP contribution < -0.4 is 0 Å². The van der Waals surface area contributed by atoms with Crippen LogP contribution in [0.15, 0.2) is 389 Å². The van der Waals surface area contributed by atoms with E-state index in [1.54, 1.807) is 0 Å². The highest BCUT2D eigenvalue weighted by molar-refractivity contribution is 6.24. The van der Waals surface area contributed by atoms with E-state index in [1.165, 1.54) is 109 Å². The molecule has 104 heavy (non-hydrogen) atoms. The van der Waals surface area contributed by atoms with Gasteiger partial charge in [0.25, 0.3) is 0 Å². The second kappa shape index (κ2) is 26.4. The first kappa shape index (κ1) is 61.3. The van der Waals surface area contributed by atoms with Crippen LogP contribution in [0.3, 0.4) is 0 Å². The van der Waals surface area contributed by atoms with Crippen molar-refractivity contribution in [1.82, 2.24) is 19.9 Å². The van der Waals surface area contributed by atoms with Gasteiger partial charge in [0.1, 0.15) is 0 Å². The Kier molecular flexibility index (Phi) is 15.5. The largest absolute Gasteiger partial charge is 0.256 e. The lowest BCUT2D eigenvalue weighted by molar-refractivity contribution is 1.30. The van der Waals surface area contributed by atoms with Gasteiger partial charge in [0, 0.05) is 58.2 Å². The summed E-state index contributed by atoms with van der Waals surface area (Å²) in [6, 6.07) is 132. The number of hydrogen-bond donors (Lipinski definition) is 0. The van der Waals surface area contributed by atoms with E-state index in [-0.39, 0.29) is 0 Å². The Morgan fingerprint density at radius 1 is 0.144 bits per heavy atom. The van der Waals surface area contributed by atoms with Crippen molar-refractivity contribution in [2.24, 2.45) is 0 Å². The molecule has 484 valence electrons. The van der Waals surface area contributed by atoms with Gasteiger partial charge in [0.15, 0.2) is 0 Å². The van der Waals surface area contributed by atoms with Crippen molar-refractivity contribution >= 4 is 53.9 Å². The van der Waals surface area contributed by atoms with E-state index in [2.05, 4.69) is 350 Å². The van der Waals surface area contributed by atoms with Crippen LogP contribution in [-0.4, -0.2) is 19.9 Å². The minimum absolute atomic E-state index is 0.900. The predicted octanol–water partition coefficient (Wildman–Crippen LogP) is 26.7. The summed E-state index contributed by atoms with van der Waals surface area (Å²) in [5.74, 6) is 0. The molecule has 0 saturated heterocycles. The van der Waals surface area contributed by atoms with Gasteiger partial charge < -0.3 is 0 Å². The van der Waals surface area contributed by atoms with Gasteiger partial charge >= 0.3 is 0 Å². The van der Waals surface area contributed by atoms with Crippen LogP contribution in [0.2, 0.25) is 0 Å². The lowest BCUT2D eigenvalue weighted by atomic mass is 9.84. The molecule has 0 aliphatic rings. The second-order valence-corrected chi connectivity index (χ2v) is 26.8. The first-order valence-corrected chi connectivity index (χ1v) is 35.4. The minimum Gasteiger partial charge on any atom is -0.256 e. The molecule has 0 unspecified atom stereocenters. The fourth-order valence-electron chi connectivity index (χ4n) is 15.6. The molecule has 0 saturated carbocycles. The smallest absolute Gasteiger partial charge is 0.0702 e. The minimum atomic E-state index is 0.900. The number of pyridine rings is 4. The summed E-state index contributed by atoms with van der Waals surface area (Å²) in [5.41, 5.74) is 28.8. The maximum absolute atomic E-state index is 5.09. The summed E-state index contributed by atoms with van der Waals surface area (Å²) < 4.78 is 0. The summed E-state index contributed by atoms with van der Waals surface area (Å²) in [4.78, 5) is 19.5. The van der Waals surface area contributed by atoms with E-state index in [1.807, 2.05) is 49.1 Å². The summed E-state index contributed by atoms with van der Waals surface area (Å²) in [5, 5.41) is 12.0. The van der Waals surface area contributed by atoms with Crippen LogP contribution in [0.1, 0.15) is 0 Å². The molecule has 4 aromatic heterocycles. The average Bonchev–Trinajstić information content (AvgIpc) is 0.733. The third-order valence-electron chi connectivity index (χ3n) is 20.7. The normalized spacial score (nSPS) is 11.5. The maximum Gasteiger partial charge on any atom is 0.0702 e. The highest BCUT2D eigenvalue weighted by atomic mass is 14.7. The second-order valence-electron chi connectivity index (χ2n) is 26.8. The highest BCUT2D eigenvalue weighted by Crippen LogP contribution is 2.49. The molecule has 0 radical (unpaired) electrons. The monoisotopic (exact) mass is 1320 g/mol. The van der Waals surface area contributed by atoms with Gasteiger partial charge in [-0.3, -0.25) is 19.9 Å². The van der Waals surface area contributed by atoms with Crippen molar-refractivity contribution in [3.05, 3.63) is 389 Å². The zero-order chi connectivity index (χ0) is 68.9. The van der Waals surface area contributed by atoms with Gasteiger partial charge in [-0.2, -0.15) is 0 Å². The molecular weight excluding hydrogens is 1260 g/mol. The number of nitrogens with zero attached hydrogens (tertiary/aromatic N) is 4. The Bertz CT molecular complexity index is 6360. The van der Waals surface area contributed by atoms with Crippen LogP contribution >= 0.6 is 0 Å². The number of hydrogen-bond acceptors (Lipinski definition) is 4. The molecule has 4 heterocycles. The molecule has 4 heteroatoms. The maximum atomic E-state index is 5.09. The standard InChI is InChI=1S/C100H64N4/c1-3-18-65(19-4-1)80-58-81(66-20-5-2-6-21-66)60-82(59-80)76-48-52-89-91(61-76)99(74-44-34-69(35-45-74)94-31-14-16-57-102-94)87-27-11-9-25-85(87)97(89)73-42-36-70(37-43-73)95-54-50-78(63-103-95)79-51-55-96(104-64-79)71-38-46-75(47-39-71)100-88-28-12-10-26-86(88)98(72-40-32-68(33-41-72)93-30-13-15-56-101-93)90-53-49-77(62-92(90)100)84-29-17-23-67-22-7-8-24-83(67)84/h1-64H. The Labute approximate surface area is 603 Å². The van der Waals surface area contributed by atoms with Gasteiger partial charge in [-0.1, -0.05) is 297 Å². The van der Waals surface area contributed by atoms with Crippen LogP contribution in [0.5, 0.6) is 0 Å². The number of fused-ring (bicyclic) bond motifs is 5. The van der Waals surface area contributed by atoms with E-state index in [0.29, 0.717) is 0 Å². The molecule has 0 aliphatic heterocycles. The Balaban J connectivity index is 0.637. The van der Waals surface area contributed by atoms with Crippen molar-refractivity contribution in [1.29, 1.82) is 0 Å². The van der Waals surface area contributed by atoms with Gasteiger partial charge in [-0.15, -0.1) is 0 Å². The van der Waals surface area contributed by atoms with Gasteiger partial charge in [0.2, 0.25) is 0 Å². The van der Waals surface area contributed by atoms with E-state index in [9.17, 15) is 0 Å². The molecule has 4 nitrogen and oxygen atoms in total. The lowest BCUT2D eigenvalue weighted by Gasteiger charge is -2.19.